The van der Waals surface area contributed by atoms with Crippen LogP contribution in [0.2, 0.25) is 0 Å². The van der Waals surface area contributed by atoms with Gasteiger partial charge in [-0.3, -0.25) is 4.79 Å². The Morgan fingerprint density at radius 3 is 2.58 bits per heavy atom. The highest BCUT2D eigenvalue weighted by Crippen LogP contribution is 2.35. The first-order chi connectivity index (χ1) is 8.88. The van der Waals surface area contributed by atoms with Crippen molar-refractivity contribution in [1.82, 2.24) is 0 Å². The van der Waals surface area contributed by atoms with Crippen molar-refractivity contribution in [2.75, 3.05) is 11.1 Å². The minimum atomic E-state index is -4.57. The topological polar surface area (TPSA) is 68.3 Å². The number of anilines is 2. The maximum Gasteiger partial charge on any atom is 0.418 e. The number of furan rings is 1. The van der Waals surface area contributed by atoms with Gasteiger partial charge in [0.2, 0.25) is 0 Å². The van der Waals surface area contributed by atoms with E-state index in [-0.39, 0.29) is 11.3 Å². The number of carbonyl (C=O) groups excluding carboxylic acids is 1. The molecule has 0 atom stereocenters. The summed E-state index contributed by atoms with van der Waals surface area (Å²) in [6.07, 6.45) is -2.09. The van der Waals surface area contributed by atoms with E-state index in [0.717, 1.165) is 12.1 Å². The summed E-state index contributed by atoms with van der Waals surface area (Å²) in [7, 11) is 0. The van der Waals surface area contributed by atoms with Crippen molar-refractivity contribution in [2.45, 2.75) is 6.18 Å². The molecule has 0 aliphatic rings. The lowest BCUT2D eigenvalue weighted by Crippen LogP contribution is -2.13. The minimum Gasteiger partial charge on any atom is -0.472 e. The largest absolute Gasteiger partial charge is 0.472 e. The van der Waals surface area contributed by atoms with Crippen molar-refractivity contribution in [3.63, 3.8) is 0 Å². The van der Waals surface area contributed by atoms with E-state index in [4.69, 9.17) is 10.2 Å². The number of nitrogens with one attached hydrogen (secondary N) is 1. The molecule has 0 fully saturated rings. The van der Waals surface area contributed by atoms with Gasteiger partial charge in [-0.05, 0) is 24.3 Å². The SMILES string of the molecule is Nc1ccc(NC(=O)c2ccoc2)cc1C(F)(F)F. The summed E-state index contributed by atoms with van der Waals surface area (Å²) >= 11 is 0. The average Bonchev–Trinajstić information content (AvgIpc) is 2.83. The van der Waals surface area contributed by atoms with Crippen LogP contribution >= 0.6 is 0 Å². The number of hydrogen-bond donors (Lipinski definition) is 2. The summed E-state index contributed by atoms with van der Waals surface area (Å²) in [5, 5.41) is 2.33. The minimum absolute atomic E-state index is 0.00715. The highest BCUT2D eigenvalue weighted by Gasteiger charge is 2.33. The van der Waals surface area contributed by atoms with Gasteiger partial charge in [0.25, 0.3) is 5.91 Å². The first kappa shape index (κ1) is 13.0. The molecule has 0 radical (unpaired) electrons. The van der Waals surface area contributed by atoms with Crippen LogP contribution in [0.1, 0.15) is 15.9 Å². The van der Waals surface area contributed by atoms with Crippen molar-refractivity contribution in [1.29, 1.82) is 0 Å². The predicted molar refractivity (Wildman–Crippen MR) is 62.5 cm³/mol. The molecule has 2 rings (SSSR count). The molecular weight excluding hydrogens is 261 g/mol. The van der Waals surface area contributed by atoms with Crippen LogP contribution in [-0.2, 0) is 6.18 Å². The van der Waals surface area contributed by atoms with Gasteiger partial charge in [0.1, 0.15) is 6.26 Å². The van der Waals surface area contributed by atoms with Crippen LogP contribution in [0.4, 0.5) is 24.5 Å². The van der Waals surface area contributed by atoms with Gasteiger partial charge in [0.15, 0.2) is 0 Å². The highest BCUT2D eigenvalue weighted by molar-refractivity contribution is 6.04. The Morgan fingerprint density at radius 2 is 2.00 bits per heavy atom. The number of hydrogen-bond acceptors (Lipinski definition) is 3. The maximum absolute atomic E-state index is 12.6. The van der Waals surface area contributed by atoms with Crippen LogP contribution in [0.15, 0.2) is 41.2 Å². The van der Waals surface area contributed by atoms with E-state index in [1.807, 2.05) is 0 Å². The Labute approximate surface area is 106 Å². The number of nitrogens with two attached hydrogens (primary N) is 1. The molecule has 19 heavy (non-hydrogen) atoms. The second kappa shape index (κ2) is 4.68. The summed E-state index contributed by atoms with van der Waals surface area (Å²) in [4.78, 5) is 11.6. The van der Waals surface area contributed by atoms with Gasteiger partial charge >= 0.3 is 6.18 Å². The molecule has 0 spiro atoms. The molecular formula is C12H9F3N2O2. The third-order valence-corrected chi connectivity index (χ3v) is 2.40. The Morgan fingerprint density at radius 1 is 1.26 bits per heavy atom. The molecule has 0 unspecified atom stereocenters. The normalized spacial score (nSPS) is 11.3. The van der Waals surface area contributed by atoms with Crippen molar-refractivity contribution in [3.8, 4) is 0 Å². The number of amides is 1. The fourth-order valence-corrected chi connectivity index (χ4v) is 1.48. The third-order valence-electron chi connectivity index (χ3n) is 2.40. The molecule has 4 nitrogen and oxygen atoms in total. The second-order valence-corrected chi connectivity index (χ2v) is 3.77. The first-order valence-electron chi connectivity index (χ1n) is 5.18. The van der Waals surface area contributed by atoms with Crippen LogP contribution in [0.3, 0.4) is 0 Å². The van der Waals surface area contributed by atoms with E-state index in [0.29, 0.717) is 0 Å². The van der Waals surface area contributed by atoms with Gasteiger partial charge < -0.3 is 15.5 Å². The summed E-state index contributed by atoms with van der Waals surface area (Å²) in [5.41, 5.74) is 4.09. The van der Waals surface area contributed by atoms with E-state index in [1.54, 1.807) is 0 Å². The molecule has 1 heterocycles. The van der Waals surface area contributed by atoms with Crippen LogP contribution < -0.4 is 11.1 Å². The lowest BCUT2D eigenvalue weighted by molar-refractivity contribution is -0.136. The Kier molecular flexibility index (Phi) is 3.20. The molecule has 0 aliphatic heterocycles. The van der Waals surface area contributed by atoms with Crippen LogP contribution in [0, 0.1) is 0 Å². The summed E-state index contributed by atoms with van der Waals surface area (Å²) < 4.78 is 42.6. The van der Waals surface area contributed by atoms with E-state index in [9.17, 15) is 18.0 Å². The zero-order valence-electron chi connectivity index (χ0n) is 9.49. The number of halogens is 3. The van der Waals surface area contributed by atoms with Crippen molar-refractivity contribution in [3.05, 3.63) is 47.9 Å². The van der Waals surface area contributed by atoms with Crippen molar-refractivity contribution in [2.24, 2.45) is 0 Å². The Bertz CT molecular complexity index is 592. The fraction of sp³-hybridized carbons (Fsp3) is 0.0833. The molecule has 0 saturated heterocycles. The molecule has 1 aromatic carbocycles. The summed E-state index contributed by atoms with van der Waals surface area (Å²) in [5.74, 6) is -0.563. The van der Waals surface area contributed by atoms with Crippen LogP contribution in [-0.4, -0.2) is 5.91 Å². The molecule has 100 valence electrons. The Hall–Kier alpha value is -2.44. The van der Waals surface area contributed by atoms with Crippen molar-refractivity contribution >= 4 is 17.3 Å². The molecule has 0 aliphatic carbocycles. The quantitative estimate of drug-likeness (QED) is 0.824. The number of rotatable bonds is 2. The molecule has 0 saturated carbocycles. The standard InChI is InChI=1S/C12H9F3N2O2/c13-12(14,15)9-5-8(1-2-10(9)16)17-11(18)7-3-4-19-6-7/h1-6H,16H2,(H,17,18). The molecule has 0 bridgehead atoms. The van der Waals surface area contributed by atoms with Gasteiger partial charge in [0, 0.05) is 11.4 Å². The zero-order valence-corrected chi connectivity index (χ0v) is 9.49. The number of alkyl halides is 3. The highest BCUT2D eigenvalue weighted by atomic mass is 19.4. The van der Waals surface area contributed by atoms with Gasteiger partial charge in [-0.1, -0.05) is 0 Å². The Balaban J connectivity index is 2.25. The third kappa shape index (κ3) is 2.87. The van der Waals surface area contributed by atoms with Crippen LogP contribution in [0.25, 0.3) is 0 Å². The predicted octanol–water partition coefficient (Wildman–Crippen LogP) is 3.13. The smallest absolute Gasteiger partial charge is 0.418 e. The molecule has 2 aromatic rings. The van der Waals surface area contributed by atoms with E-state index < -0.39 is 23.3 Å². The molecule has 3 N–H and O–H groups in total. The summed E-state index contributed by atoms with van der Waals surface area (Å²) in [6.45, 7) is 0. The lowest BCUT2D eigenvalue weighted by atomic mass is 10.1. The van der Waals surface area contributed by atoms with Crippen molar-refractivity contribution < 1.29 is 22.4 Å². The van der Waals surface area contributed by atoms with E-state index in [1.165, 1.54) is 24.7 Å². The first-order valence-corrected chi connectivity index (χ1v) is 5.18. The van der Waals surface area contributed by atoms with Gasteiger partial charge in [-0.15, -0.1) is 0 Å². The second-order valence-electron chi connectivity index (χ2n) is 3.77. The van der Waals surface area contributed by atoms with Gasteiger partial charge in [-0.25, -0.2) is 0 Å². The average molecular weight is 270 g/mol. The fourth-order valence-electron chi connectivity index (χ4n) is 1.48. The van der Waals surface area contributed by atoms with E-state index in [2.05, 4.69) is 5.32 Å². The van der Waals surface area contributed by atoms with E-state index >= 15 is 0 Å². The summed E-state index contributed by atoms with van der Waals surface area (Å²) in [6, 6.07) is 4.57. The van der Waals surface area contributed by atoms with Crippen LogP contribution in [0.5, 0.6) is 0 Å². The number of benzene rings is 1. The lowest BCUT2D eigenvalue weighted by Gasteiger charge is -2.12. The monoisotopic (exact) mass is 270 g/mol. The number of nitrogen functional groups attached to an aromatic ring is 1. The molecule has 7 heteroatoms. The molecule has 1 aromatic heterocycles. The maximum atomic E-state index is 12.6. The number of carbonyl (C=O) groups is 1. The molecule has 1 amide bonds. The van der Waals surface area contributed by atoms with Gasteiger partial charge in [-0.2, -0.15) is 13.2 Å². The zero-order chi connectivity index (χ0) is 14.0. The van der Waals surface area contributed by atoms with Gasteiger partial charge in [0.05, 0.1) is 17.4 Å².